The molecule has 6 nitrogen and oxygen atoms in total. The molecule has 1 saturated carbocycles. The van der Waals surface area contributed by atoms with Crippen LogP contribution in [0, 0.1) is 5.41 Å². The Morgan fingerprint density at radius 3 is 2.12 bits per heavy atom. The lowest BCUT2D eigenvalue weighted by Gasteiger charge is -2.34. The molecule has 0 unspecified atom stereocenters. The van der Waals surface area contributed by atoms with Crippen molar-refractivity contribution < 1.29 is 9.59 Å². The minimum atomic E-state index is -0.837. The second-order valence-corrected chi connectivity index (χ2v) is 7.07. The SMILES string of the molecule is CN1CCN(C(=O)C2(C(=O)Nc3ccc(N(C)C)cc3)CC2)CC1. The van der Waals surface area contributed by atoms with Crippen molar-refractivity contribution in [2.24, 2.45) is 5.41 Å². The van der Waals surface area contributed by atoms with Gasteiger partial charge in [0.2, 0.25) is 11.8 Å². The van der Waals surface area contributed by atoms with Gasteiger partial charge in [0, 0.05) is 51.6 Å². The van der Waals surface area contributed by atoms with Crippen LogP contribution in [0.1, 0.15) is 12.8 Å². The van der Waals surface area contributed by atoms with Crippen molar-refractivity contribution in [1.29, 1.82) is 0 Å². The lowest BCUT2D eigenvalue weighted by atomic mass is 10.0. The summed E-state index contributed by atoms with van der Waals surface area (Å²) in [6, 6.07) is 7.67. The number of anilines is 2. The number of piperazine rings is 1. The minimum absolute atomic E-state index is 0.00184. The average molecular weight is 330 g/mol. The van der Waals surface area contributed by atoms with Crippen LogP contribution in [-0.4, -0.2) is 68.9 Å². The van der Waals surface area contributed by atoms with Gasteiger partial charge in [-0.1, -0.05) is 0 Å². The summed E-state index contributed by atoms with van der Waals surface area (Å²) in [6.07, 6.45) is 1.31. The van der Waals surface area contributed by atoms with Gasteiger partial charge in [0.15, 0.2) is 0 Å². The molecule has 3 rings (SSSR count). The minimum Gasteiger partial charge on any atom is -0.378 e. The van der Waals surface area contributed by atoms with Crippen LogP contribution in [0.2, 0.25) is 0 Å². The Balaban J connectivity index is 1.64. The third kappa shape index (κ3) is 3.24. The zero-order valence-electron chi connectivity index (χ0n) is 14.7. The standard InChI is InChI=1S/C18H26N4O2/c1-20(2)15-6-4-14(5-7-15)19-16(23)18(8-9-18)17(24)22-12-10-21(3)11-13-22/h4-7H,8-13H2,1-3H3,(H,19,23). The van der Waals surface area contributed by atoms with Crippen molar-refractivity contribution >= 4 is 23.2 Å². The number of hydrogen-bond acceptors (Lipinski definition) is 4. The summed E-state index contributed by atoms with van der Waals surface area (Å²) in [5.74, 6) is -0.165. The third-order valence-corrected chi connectivity index (χ3v) is 5.03. The van der Waals surface area contributed by atoms with E-state index in [1.165, 1.54) is 0 Å². The second-order valence-electron chi connectivity index (χ2n) is 7.07. The van der Waals surface area contributed by atoms with E-state index in [0.717, 1.165) is 24.5 Å². The van der Waals surface area contributed by atoms with E-state index in [1.54, 1.807) is 0 Å². The van der Waals surface area contributed by atoms with Gasteiger partial charge in [-0.15, -0.1) is 0 Å². The zero-order valence-corrected chi connectivity index (χ0v) is 14.7. The molecule has 2 fully saturated rings. The molecular weight excluding hydrogens is 304 g/mol. The number of nitrogens with zero attached hydrogens (tertiary/aromatic N) is 3. The van der Waals surface area contributed by atoms with E-state index in [0.29, 0.717) is 25.9 Å². The number of carbonyl (C=O) groups excluding carboxylic acids is 2. The van der Waals surface area contributed by atoms with E-state index in [-0.39, 0.29) is 11.8 Å². The van der Waals surface area contributed by atoms with Gasteiger partial charge in [-0.3, -0.25) is 9.59 Å². The largest absolute Gasteiger partial charge is 0.378 e. The molecule has 1 aromatic carbocycles. The van der Waals surface area contributed by atoms with Crippen LogP contribution in [0.5, 0.6) is 0 Å². The van der Waals surface area contributed by atoms with Crippen molar-refractivity contribution in [2.75, 3.05) is 57.5 Å². The Kier molecular flexibility index (Phi) is 4.49. The molecule has 0 radical (unpaired) electrons. The molecule has 0 spiro atoms. The molecule has 1 aliphatic heterocycles. The van der Waals surface area contributed by atoms with Crippen molar-refractivity contribution in [3.05, 3.63) is 24.3 Å². The Morgan fingerprint density at radius 1 is 1.04 bits per heavy atom. The molecule has 2 amide bonds. The van der Waals surface area contributed by atoms with E-state index < -0.39 is 5.41 Å². The number of rotatable bonds is 4. The highest BCUT2D eigenvalue weighted by molar-refractivity contribution is 6.13. The van der Waals surface area contributed by atoms with Crippen LogP contribution in [0.15, 0.2) is 24.3 Å². The highest BCUT2D eigenvalue weighted by Crippen LogP contribution is 2.48. The number of nitrogens with one attached hydrogen (secondary N) is 1. The van der Waals surface area contributed by atoms with Crippen LogP contribution in [-0.2, 0) is 9.59 Å². The van der Waals surface area contributed by atoms with Crippen molar-refractivity contribution in [1.82, 2.24) is 9.80 Å². The lowest BCUT2D eigenvalue weighted by molar-refractivity contribution is -0.143. The first-order valence-corrected chi connectivity index (χ1v) is 8.49. The molecule has 130 valence electrons. The van der Waals surface area contributed by atoms with Crippen molar-refractivity contribution in [2.45, 2.75) is 12.8 Å². The molecule has 0 aromatic heterocycles. The third-order valence-electron chi connectivity index (χ3n) is 5.03. The Morgan fingerprint density at radius 2 is 1.62 bits per heavy atom. The molecule has 24 heavy (non-hydrogen) atoms. The topological polar surface area (TPSA) is 55.9 Å². The highest BCUT2D eigenvalue weighted by atomic mass is 16.2. The van der Waals surface area contributed by atoms with Gasteiger partial charge in [-0.2, -0.15) is 0 Å². The Hall–Kier alpha value is -2.08. The van der Waals surface area contributed by atoms with E-state index >= 15 is 0 Å². The first-order valence-electron chi connectivity index (χ1n) is 8.49. The summed E-state index contributed by atoms with van der Waals surface area (Å²) in [7, 11) is 6.00. The fraction of sp³-hybridized carbons (Fsp3) is 0.556. The summed E-state index contributed by atoms with van der Waals surface area (Å²) in [5.41, 5.74) is 0.974. The number of hydrogen-bond donors (Lipinski definition) is 1. The van der Waals surface area contributed by atoms with Crippen LogP contribution < -0.4 is 10.2 Å². The van der Waals surface area contributed by atoms with Crippen LogP contribution in [0.25, 0.3) is 0 Å². The fourth-order valence-electron chi connectivity index (χ4n) is 3.07. The van der Waals surface area contributed by atoms with Crippen molar-refractivity contribution in [3.63, 3.8) is 0 Å². The highest BCUT2D eigenvalue weighted by Gasteiger charge is 2.58. The summed E-state index contributed by atoms with van der Waals surface area (Å²) < 4.78 is 0. The number of benzene rings is 1. The van der Waals surface area contributed by atoms with Gasteiger partial charge in [0.25, 0.3) is 0 Å². The lowest BCUT2D eigenvalue weighted by Crippen LogP contribution is -2.51. The summed E-state index contributed by atoms with van der Waals surface area (Å²) >= 11 is 0. The molecule has 1 aromatic rings. The van der Waals surface area contributed by atoms with E-state index in [9.17, 15) is 9.59 Å². The number of carbonyl (C=O) groups is 2. The second kappa shape index (κ2) is 6.43. The maximum absolute atomic E-state index is 12.8. The Labute approximate surface area is 143 Å². The molecule has 2 aliphatic rings. The van der Waals surface area contributed by atoms with Crippen molar-refractivity contribution in [3.8, 4) is 0 Å². The number of likely N-dealkylation sites (N-methyl/N-ethyl adjacent to an activating group) is 1. The van der Waals surface area contributed by atoms with Crippen LogP contribution in [0.4, 0.5) is 11.4 Å². The smallest absolute Gasteiger partial charge is 0.240 e. The summed E-state index contributed by atoms with van der Waals surface area (Å²) in [4.78, 5) is 31.5. The van der Waals surface area contributed by atoms with Gasteiger partial charge in [0.1, 0.15) is 5.41 Å². The molecule has 6 heteroatoms. The van der Waals surface area contributed by atoms with Gasteiger partial charge in [-0.25, -0.2) is 0 Å². The predicted octanol–water partition coefficient (Wildman–Crippen LogP) is 1.25. The van der Waals surface area contributed by atoms with E-state index in [1.807, 2.05) is 48.2 Å². The first kappa shape index (κ1) is 16.8. The van der Waals surface area contributed by atoms with Gasteiger partial charge < -0.3 is 20.0 Å². The number of amides is 2. The Bertz CT molecular complexity index is 614. The molecule has 1 heterocycles. The van der Waals surface area contributed by atoms with E-state index in [4.69, 9.17) is 0 Å². The summed E-state index contributed by atoms with van der Waals surface area (Å²) in [6.45, 7) is 3.16. The van der Waals surface area contributed by atoms with Gasteiger partial charge in [0.05, 0.1) is 0 Å². The first-order chi connectivity index (χ1) is 11.4. The predicted molar refractivity (Wildman–Crippen MR) is 95.1 cm³/mol. The fourth-order valence-corrected chi connectivity index (χ4v) is 3.07. The quantitative estimate of drug-likeness (QED) is 0.844. The molecule has 1 N–H and O–H groups in total. The molecule has 1 saturated heterocycles. The monoisotopic (exact) mass is 330 g/mol. The molecule has 0 atom stereocenters. The zero-order chi connectivity index (χ0) is 17.3. The van der Waals surface area contributed by atoms with Crippen LogP contribution in [0.3, 0.4) is 0 Å². The maximum Gasteiger partial charge on any atom is 0.240 e. The molecule has 0 bridgehead atoms. The molecular formula is C18H26N4O2. The maximum atomic E-state index is 12.8. The average Bonchev–Trinajstić information content (AvgIpc) is 3.37. The van der Waals surface area contributed by atoms with E-state index in [2.05, 4.69) is 17.3 Å². The summed E-state index contributed by atoms with van der Waals surface area (Å²) in [5, 5.41) is 2.92. The van der Waals surface area contributed by atoms with Gasteiger partial charge in [-0.05, 0) is 44.2 Å². The molecule has 1 aliphatic carbocycles. The van der Waals surface area contributed by atoms with Gasteiger partial charge >= 0.3 is 0 Å². The van der Waals surface area contributed by atoms with Crippen LogP contribution >= 0.6 is 0 Å². The normalized spacial score (nSPS) is 19.7.